The van der Waals surface area contributed by atoms with Crippen LogP contribution in [0, 0.1) is 11.6 Å². The number of amides is 1. The van der Waals surface area contributed by atoms with Crippen molar-refractivity contribution < 1.29 is 23.0 Å². The van der Waals surface area contributed by atoms with Gasteiger partial charge in [0.15, 0.2) is 23.1 Å². The molecule has 1 unspecified atom stereocenters. The van der Waals surface area contributed by atoms with Crippen molar-refractivity contribution in [2.75, 3.05) is 24.8 Å². The Hall–Kier alpha value is -4.02. The monoisotopic (exact) mass is 535 g/mol. The third-order valence-corrected chi connectivity index (χ3v) is 7.64. The minimum Gasteiger partial charge on any atom is -0.482 e. The summed E-state index contributed by atoms with van der Waals surface area (Å²) in [6.07, 6.45) is 0.964. The van der Waals surface area contributed by atoms with Crippen molar-refractivity contribution in [1.82, 2.24) is 9.58 Å². The van der Waals surface area contributed by atoms with E-state index in [0.29, 0.717) is 18.7 Å². The van der Waals surface area contributed by atoms with E-state index in [2.05, 4.69) is 0 Å². The van der Waals surface area contributed by atoms with Crippen LogP contribution in [0.1, 0.15) is 32.5 Å². The number of nitrogens with zero attached hydrogens (tertiary/aromatic N) is 3. The van der Waals surface area contributed by atoms with Gasteiger partial charge in [0, 0.05) is 23.7 Å². The number of hydrogen-bond acceptors (Lipinski definition) is 6. The molecule has 1 amide bonds. The molecular formula is C28H23F2N3O4S. The molecule has 1 saturated heterocycles. The zero-order valence-corrected chi connectivity index (χ0v) is 20.9. The molecule has 0 aliphatic carbocycles. The van der Waals surface area contributed by atoms with Crippen molar-refractivity contribution >= 4 is 17.2 Å². The van der Waals surface area contributed by atoms with Gasteiger partial charge in [-0.25, -0.2) is 8.78 Å². The van der Waals surface area contributed by atoms with Gasteiger partial charge in [0.1, 0.15) is 18.8 Å². The van der Waals surface area contributed by atoms with Crippen LogP contribution < -0.4 is 15.2 Å². The number of carbonyl (C=O) groups excluding carboxylic acids is 1. The molecule has 0 spiro atoms. The van der Waals surface area contributed by atoms with Crippen LogP contribution in [0.25, 0.3) is 0 Å². The first-order chi connectivity index (χ1) is 18.5. The molecule has 194 valence electrons. The van der Waals surface area contributed by atoms with Crippen LogP contribution >= 0.6 is 11.3 Å². The fourth-order valence-corrected chi connectivity index (χ4v) is 5.81. The standard InChI is InChI=1S/C28H23F2N3O4S/c29-20-9-8-19(15-21(20)30)25(23-7-4-14-38-23)33-24-17-36-13-12-31(24)28(35)26-27(22(34)10-11-32(26)33)37-16-18-5-2-1-3-6-18/h1-11,14-15,24-25H,12-13,16-17H2/t24-,25?/m1/s1. The van der Waals surface area contributed by atoms with Crippen molar-refractivity contribution in [2.45, 2.75) is 18.8 Å². The van der Waals surface area contributed by atoms with Crippen LogP contribution in [0.3, 0.4) is 0 Å². The van der Waals surface area contributed by atoms with Gasteiger partial charge in [-0.2, -0.15) is 0 Å². The van der Waals surface area contributed by atoms with E-state index < -0.39 is 29.3 Å². The lowest BCUT2D eigenvalue weighted by Crippen LogP contribution is -2.66. The third-order valence-electron chi connectivity index (χ3n) is 6.72. The minimum atomic E-state index is -0.971. The molecule has 7 nitrogen and oxygen atoms in total. The molecule has 2 aliphatic rings. The molecule has 6 rings (SSSR count). The summed E-state index contributed by atoms with van der Waals surface area (Å²) in [6.45, 7) is 0.936. The summed E-state index contributed by atoms with van der Waals surface area (Å²) < 4.78 is 41.7. The Morgan fingerprint density at radius 1 is 1.03 bits per heavy atom. The van der Waals surface area contributed by atoms with Crippen molar-refractivity contribution in [3.8, 4) is 5.75 Å². The summed E-state index contributed by atoms with van der Waals surface area (Å²) >= 11 is 1.45. The second-order valence-electron chi connectivity index (χ2n) is 9.00. The summed E-state index contributed by atoms with van der Waals surface area (Å²) in [4.78, 5) is 29.3. The summed E-state index contributed by atoms with van der Waals surface area (Å²) in [5, 5.41) is 3.77. The first kappa shape index (κ1) is 24.3. The molecule has 1 fully saturated rings. The maximum Gasteiger partial charge on any atom is 0.278 e. The molecule has 0 radical (unpaired) electrons. The maximum absolute atomic E-state index is 14.5. The molecule has 4 aromatic rings. The second kappa shape index (κ2) is 10.0. The normalized spacial score (nSPS) is 17.6. The summed E-state index contributed by atoms with van der Waals surface area (Å²) in [6, 6.07) is 17.6. The Morgan fingerprint density at radius 3 is 2.63 bits per heavy atom. The molecule has 0 N–H and O–H groups in total. The molecule has 2 aromatic carbocycles. The minimum absolute atomic E-state index is 0.0634. The highest BCUT2D eigenvalue weighted by Crippen LogP contribution is 2.38. The Kier molecular flexibility index (Phi) is 6.42. The van der Waals surface area contributed by atoms with E-state index in [9.17, 15) is 18.4 Å². The number of benzene rings is 2. The van der Waals surface area contributed by atoms with Gasteiger partial charge >= 0.3 is 0 Å². The number of aromatic nitrogens is 1. The molecule has 2 aliphatic heterocycles. The van der Waals surface area contributed by atoms with Crippen LogP contribution in [0.15, 0.2) is 83.1 Å². The van der Waals surface area contributed by atoms with E-state index in [1.807, 2.05) is 52.9 Å². The van der Waals surface area contributed by atoms with Crippen LogP contribution in [0.2, 0.25) is 0 Å². The fourth-order valence-electron chi connectivity index (χ4n) is 4.97. The number of pyridine rings is 1. The highest BCUT2D eigenvalue weighted by molar-refractivity contribution is 7.10. The van der Waals surface area contributed by atoms with E-state index in [1.54, 1.807) is 9.58 Å². The quantitative estimate of drug-likeness (QED) is 0.368. The summed E-state index contributed by atoms with van der Waals surface area (Å²) in [5.41, 5.74) is 0.989. The van der Waals surface area contributed by atoms with Crippen molar-refractivity contribution in [2.24, 2.45) is 0 Å². The number of fused-ring (bicyclic) bond motifs is 2. The SMILES string of the molecule is O=C1c2c(OCc3ccccc3)c(=O)ccn2N(C(c2ccc(F)c(F)c2)c2cccs2)[C@@H]2COCCN12. The smallest absolute Gasteiger partial charge is 0.278 e. The van der Waals surface area contributed by atoms with Crippen LogP contribution in [0.4, 0.5) is 8.78 Å². The van der Waals surface area contributed by atoms with Gasteiger partial charge in [-0.15, -0.1) is 11.3 Å². The van der Waals surface area contributed by atoms with Gasteiger partial charge in [-0.05, 0) is 34.7 Å². The average Bonchev–Trinajstić information content (AvgIpc) is 3.47. The van der Waals surface area contributed by atoms with E-state index in [-0.39, 0.29) is 30.6 Å². The zero-order valence-electron chi connectivity index (χ0n) is 20.1. The van der Waals surface area contributed by atoms with Gasteiger partial charge < -0.3 is 14.4 Å². The number of morpholine rings is 1. The first-order valence-corrected chi connectivity index (χ1v) is 13.0. The van der Waals surface area contributed by atoms with Crippen LogP contribution in [-0.2, 0) is 11.3 Å². The number of carbonyl (C=O) groups is 1. The Morgan fingerprint density at radius 2 is 1.87 bits per heavy atom. The summed E-state index contributed by atoms with van der Waals surface area (Å²) in [5.74, 6) is -2.34. The number of hydrogen-bond donors (Lipinski definition) is 0. The van der Waals surface area contributed by atoms with Crippen molar-refractivity contribution in [1.29, 1.82) is 0 Å². The molecule has 4 heterocycles. The van der Waals surface area contributed by atoms with Gasteiger partial charge in [-0.1, -0.05) is 42.5 Å². The lowest BCUT2D eigenvalue weighted by atomic mass is 10.0. The topological polar surface area (TPSA) is 64.0 Å². The molecular weight excluding hydrogens is 512 g/mol. The lowest BCUT2D eigenvalue weighted by molar-refractivity contribution is -0.0197. The zero-order chi connectivity index (χ0) is 26.2. The molecule has 0 saturated carbocycles. The predicted octanol–water partition coefficient (Wildman–Crippen LogP) is 4.31. The number of rotatable bonds is 6. The van der Waals surface area contributed by atoms with E-state index >= 15 is 0 Å². The maximum atomic E-state index is 14.5. The lowest BCUT2D eigenvalue weighted by Gasteiger charge is -2.51. The molecule has 2 atom stereocenters. The van der Waals surface area contributed by atoms with Gasteiger partial charge in [-0.3, -0.25) is 19.3 Å². The van der Waals surface area contributed by atoms with E-state index in [0.717, 1.165) is 16.5 Å². The summed E-state index contributed by atoms with van der Waals surface area (Å²) in [7, 11) is 0. The van der Waals surface area contributed by atoms with Crippen molar-refractivity contribution in [3.05, 3.63) is 122 Å². The van der Waals surface area contributed by atoms with Gasteiger partial charge in [0.05, 0.1) is 13.2 Å². The van der Waals surface area contributed by atoms with Crippen molar-refractivity contribution in [3.63, 3.8) is 0 Å². The predicted molar refractivity (Wildman–Crippen MR) is 138 cm³/mol. The van der Waals surface area contributed by atoms with Crippen LogP contribution in [0.5, 0.6) is 5.75 Å². The van der Waals surface area contributed by atoms with Gasteiger partial charge in [0.25, 0.3) is 5.91 Å². The highest BCUT2D eigenvalue weighted by Gasteiger charge is 2.45. The number of thiophene rings is 1. The Bertz CT molecular complexity index is 1530. The molecule has 2 aromatic heterocycles. The Balaban J connectivity index is 1.53. The van der Waals surface area contributed by atoms with E-state index in [1.165, 1.54) is 35.7 Å². The molecule has 10 heteroatoms. The van der Waals surface area contributed by atoms with Crippen LogP contribution in [-0.4, -0.2) is 41.4 Å². The molecule has 38 heavy (non-hydrogen) atoms. The highest BCUT2D eigenvalue weighted by atomic mass is 32.1. The Labute approximate surface area is 221 Å². The third kappa shape index (κ3) is 4.25. The van der Waals surface area contributed by atoms with E-state index in [4.69, 9.17) is 9.47 Å². The molecule has 0 bridgehead atoms. The average molecular weight is 536 g/mol. The van der Waals surface area contributed by atoms with Gasteiger partial charge in [0.2, 0.25) is 5.43 Å². The first-order valence-electron chi connectivity index (χ1n) is 12.1. The number of ether oxygens (including phenoxy) is 2. The number of halogens is 2. The largest absolute Gasteiger partial charge is 0.482 e. The fraction of sp³-hybridized carbons (Fsp3) is 0.214. The second-order valence-corrected chi connectivity index (χ2v) is 9.98.